The van der Waals surface area contributed by atoms with Crippen LogP contribution in [-0.4, -0.2) is 51.8 Å². The predicted octanol–water partition coefficient (Wildman–Crippen LogP) is 2.44. The fourth-order valence-electron chi connectivity index (χ4n) is 3.02. The summed E-state index contributed by atoms with van der Waals surface area (Å²) in [5, 5.41) is 3.29. The summed E-state index contributed by atoms with van der Waals surface area (Å²) in [6, 6.07) is 7.86. The van der Waals surface area contributed by atoms with Crippen LogP contribution in [0.4, 0.5) is 0 Å². The topological polar surface area (TPSA) is 49.4 Å². The van der Waals surface area contributed by atoms with E-state index in [-0.39, 0.29) is 11.2 Å². The van der Waals surface area contributed by atoms with Gasteiger partial charge in [-0.15, -0.1) is 0 Å². The summed E-state index contributed by atoms with van der Waals surface area (Å²) >= 11 is 0. The molecule has 1 aliphatic rings. The molecule has 1 saturated heterocycles. The summed E-state index contributed by atoms with van der Waals surface area (Å²) in [5.74, 6) is 0.193. The summed E-state index contributed by atoms with van der Waals surface area (Å²) < 4.78 is 25.1. The van der Waals surface area contributed by atoms with E-state index in [9.17, 15) is 8.42 Å². The van der Waals surface area contributed by atoms with Crippen LogP contribution in [0.5, 0.6) is 0 Å². The summed E-state index contributed by atoms with van der Waals surface area (Å²) in [6.07, 6.45) is 2.31. The number of likely N-dealkylation sites (tertiary alicyclic amines) is 1. The highest BCUT2D eigenvalue weighted by atomic mass is 32.2. The van der Waals surface area contributed by atoms with E-state index in [1.165, 1.54) is 6.42 Å². The molecule has 4 nitrogen and oxygen atoms in total. The van der Waals surface area contributed by atoms with Gasteiger partial charge in [0.2, 0.25) is 0 Å². The van der Waals surface area contributed by atoms with E-state index >= 15 is 0 Å². The Morgan fingerprint density at radius 3 is 2.43 bits per heavy atom. The first kappa shape index (κ1) is 18.4. The maximum absolute atomic E-state index is 12.5. The van der Waals surface area contributed by atoms with Crippen molar-refractivity contribution in [3.63, 3.8) is 0 Å². The molecule has 1 heterocycles. The van der Waals surface area contributed by atoms with Crippen molar-refractivity contribution < 1.29 is 8.42 Å². The SMILES string of the molecule is CNC1CCCN(CCS(=O)(=O)c2ccc(C(C)(C)C)cc2)C1. The molecule has 1 N–H and O–H groups in total. The first-order valence-corrected chi connectivity index (χ1v) is 10.1. The second-order valence-electron chi connectivity index (χ2n) is 7.52. The van der Waals surface area contributed by atoms with E-state index in [1.54, 1.807) is 12.1 Å². The van der Waals surface area contributed by atoms with Gasteiger partial charge in [-0.05, 0) is 49.5 Å². The maximum atomic E-state index is 12.5. The third kappa shape index (κ3) is 5.03. The van der Waals surface area contributed by atoms with Crippen LogP contribution in [-0.2, 0) is 15.3 Å². The molecule has 1 unspecified atom stereocenters. The van der Waals surface area contributed by atoms with Gasteiger partial charge >= 0.3 is 0 Å². The maximum Gasteiger partial charge on any atom is 0.179 e. The van der Waals surface area contributed by atoms with Crippen molar-refractivity contribution in [2.45, 2.75) is 50.0 Å². The Balaban J connectivity index is 1.99. The quantitative estimate of drug-likeness (QED) is 0.896. The number of piperidine rings is 1. The normalized spacial score (nSPS) is 20.6. The number of benzene rings is 1. The highest BCUT2D eigenvalue weighted by Crippen LogP contribution is 2.24. The smallest absolute Gasteiger partial charge is 0.179 e. The molecule has 0 saturated carbocycles. The second-order valence-corrected chi connectivity index (χ2v) is 9.63. The van der Waals surface area contributed by atoms with Crippen LogP contribution in [0.1, 0.15) is 39.2 Å². The highest BCUT2D eigenvalue weighted by Gasteiger charge is 2.22. The number of nitrogens with one attached hydrogen (secondary N) is 1. The van der Waals surface area contributed by atoms with Gasteiger partial charge in [0, 0.05) is 19.1 Å². The Hall–Kier alpha value is -0.910. The third-order valence-electron chi connectivity index (χ3n) is 4.67. The molecule has 23 heavy (non-hydrogen) atoms. The van der Waals surface area contributed by atoms with Gasteiger partial charge in [-0.25, -0.2) is 8.42 Å². The van der Waals surface area contributed by atoms with Crippen LogP contribution in [0.3, 0.4) is 0 Å². The van der Waals surface area contributed by atoms with Crippen molar-refractivity contribution in [2.24, 2.45) is 0 Å². The van der Waals surface area contributed by atoms with Crippen LogP contribution < -0.4 is 5.32 Å². The van der Waals surface area contributed by atoms with Crippen LogP contribution in [0.15, 0.2) is 29.2 Å². The van der Waals surface area contributed by atoms with Crippen molar-refractivity contribution in [2.75, 3.05) is 32.4 Å². The number of hydrogen-bond donors (Lipinski definition) is 1. The molecular weight excluding hydrogens is 308 g/mol. The van der Waals surface area contributed by atoms with Crippen LogP contribution in [0.2, 0.25) is 0 Å². The van der Waals surface area contributed by atoms with Crippen LogP contribution in [0, 0.1) is 0 Å². The standard InChI is InChI=1S/C18H30N2O2S/c1-18(2,3)15-7-9-17(10-8-15)23(21,22)13-12-20-11-5-6-16(14-20)19-4/h7-10,16,19H,5-6,11-14H2,1-4H3. The zero-order valence-corrected chi connectivity index (χ0v) is 15.6. The molecule has 0 aliphatic carbocycles. The largest absolute Gasteiger partial charge is 0.316 e. The molecule has 1 aromatic rings. The average molecular weight is 339 g/mol. The molecule has 1 atom stereocenters. The summed E-state index contributed by atoms with van der Waals surface area (Å²) in [5.41, 5.74) is 1.20. The van der Waals surface area contributed by atoms with Gasteiger partial charge in [-0.3, -0.25) is 0 Å². The molecule has 2 rings (SSSR count). The Bertz CT molecular complexity index is 603. The van der Waals surface area contributed by atoms with E-state index in [2.05, 4.69) is 31.0 Å². The summed E-state index contributed by atoms with van der Waals surface area (Å²) in [6.45, 7) is 8.94. The van der Waals surface area contributed by atoms with E-state index < -0.39 is 9.84 Å². The molecule has 0 spiro atoms. The first-order valence-electron chi connectivity index (χ1n) is 8.45. The highest BCUT2D eigenvalue weighted by molar-refractivity contribution is 7.91. The van der Waals surface area contributed by atoms with Gasteiger partial charge in [-0.1, -0.05) is 32.9 Å². The number of sulfone groups is 1. The monoisotopic (exact) mass is 338 g/mol. The van der Waals surface area contributed by atoms with Crippen molar-refractivity contribution in [3.8, 4) is 0 Å². The molecule has 5 heteroatoms. The minimum absolute atomic E-state index is 0.0399. The van der Waals surface area contributed by atoms with Gasteiger partial charge in [0.1, 0.15) is 0 Å². The van der Waals surface area contributed by atoms with Crippen molar-refractivity contribution >= 4 is 9.84 Å². The Kier molecular flexibility index (Phi) is 5.87. The zero-order valence-electron chi connectivity index (χ0n) is 14.8. The fourth-order valence-corrected chi connectivity index (χ4v) is 4.31. The molecule has 1 fully saturated rings. The molecule has 0 amide bonds. The van der Waals surface area contributed by atoms with Crippen molar-refractivity contribution in [3.05, 3.63) is 29.8 Å². The lowest BCUT2D eigenvalue weighted by Crippen LogP contribution is -2.45. The predicted molar refractivity (Wildman–Crippen MR) is 95.7 cm³/mol. The minimum Gasteiger partial charge on any atom is -0.316 e. The molecule has 1 aromatic carbocycles. The number of hydrogen-bond acceptors (Lipinski definition) is 4. The summed E-state index contributed by atoms with van der Waals surface area (Å²) in [7, 11) is -1.23. The minimum atomic E-state index is -3.21. The summed E-state index contributed by atoms with van der Waals surface area (Å²) in [4.78, 5) is 2.69. The fraction of sp³-hybridized carbons (Fsp3) is 0.667. The molecule has 130 valence electrons. The van der Waals surface area contributed by atoms with Gasteiger partial charge in [0.05, 0.1) is 10.6 Å². The van der Waals surface area contributed by atoms with Crippen LogP contribution in [0.25, 0.3) is 0 Å². The Labute approximate surface area is 141 Å². The lowest BCUT2D eigenvalue weighted by molar-refractivity contribution is 0.205. The lowest BCUT2D eigenvalue weighted by atomic mass is 9.87. The first-order chi connectivity index (χ1) is 10.7. The number of likely N-dealkylation sites (N-methyl/N-ethyl adjacent to an activating group) is 1. The van der Waals surface area contributed by atoms with Crippen molar-refractivity contribution in [1.29, 1.82) is 0 Å². The molecular formula is C18H30N2O2S. The molecule has 1 aliphatic heterocycles. The van der Waals surface area contributed by atoms with Gasteiger partial charge in [-0.2, -0.15) is 0 Å². The third-order valence-corrected chi connectivity index (χ3v) is 6.38. The molecule has 0 radical (unpaired) electrons. The van der Waals surface area contributed by atoms with E-state index in [0.717, 1.165) is 25.1 Å². The molecule has 0 bridgehead atoms. The number of nitrogens with zero attached hydrogens (tertiary/aromatic N) is 1. The zero-order chi connectivity index (χ0) is 17.1. The van der Waals surface area contributed by atoms with Gasteiger partial charge < -0.3 is 10.2 Å². The lowest BCUT2D eigenvalue weighted by Gasteiger charge is -2.32. The molecule has 0 aromatic heterocycles. The van der Waals surface area contributed by atoms with E-state index in [4.69, 9.17) is 0 Å². The number of rotatable bonds is 5. The Morgan fingerprint density at radius 1 is 1.22 bits per heavy atom. The second kappa shape index (κ2) is 7.32. The average Bonchev–Trinajstić information content (AvgIpc) is 2.52. The van der Waals surface area contributed by atoms with Crippen LogP contribution >= 0.6 is 0 Å². The van der Waals surface area contributed by atoms with Gasteiger partial charge in [0.25, 0.3) is 0 Å². The van der Waals surface area contributed by atoms with E-state index in [0.29, 0.717) is 17.5 Å². The van der Waals surface area contributed by atoms with E-state index in [1.807, 2.05) is 19.2 Å². The van der Waals surface area contributed by atoms with Crippen molar-refractivity contribution in [1.82, 2.24) is 10.2 Å². The van der Waals surface area contributed by atoms with Gasteiger partial charge in [0.15, 0.2) is 9.84 Å². The Morgan fingerprint density at radius 2 is 1.87 bits per heavy atom.